The van der Waals surface area contributed by atoms with Crippen LogP contribution in [-0.4, -0.2) is 17.2 Å². The average molecular weight is 297 g/mol. The molecule has 1 N–H and O–H groups in total. The van der Waals surface area contributed by atoms with E-state index in [9.17, 15) is 0 Å². The van der Waals surface area contributed by atoms with E-state index >= 15 is 0 Å². The molecule has 1 heterocycles. The van der Waals surface area contributed by atoms with Crippen molar-refractivity contribution in [3.05, 3.63) is 59.6 Å². The number of benzene rings is 2. The Morgan fingerprint density at radius 3 is 2.52 bits per heavy atom. The van der Waals surface area contributed by atoms with E-state index in [0.29, 0.717) is 6.61 Å². The molecule has 0 aliphatic heterocycles. The van der Waals surface area contributed by atoms with Crippen LogP contribution in [0.3, 0.4) is 0 Å². The molecule has 0 radical (unpaired) electrons. The highest BCUT2D eigenvalue weighted by Crippen LogP contribution is 2.30. The number of para-hydroxylation sites is 1. The van der Waals surface area contributed by atoms with Crippen LogP contribution >= 0.6 is 11.3 Å². The maximum Gasteiger partial charge on any atom is 0.205 e. The monoisotopic (exact) mass is 297 g/mol. The van der Waals surface area contributed by atoms with Crippen molar-refractivity contribution in [2.45, 2.75) is 6.61 Å². The molecule has 0 spiro atoms. The zero-order valence-corrected chi connectivity index (χ0v) is 12.4. The van der Waals surface area contributed by atoms with Crippen LogP contribution in [0.1, 0.15) is 5.01 Å². The molecule has 1 aromatic heterocycles. The topological polar surface area (TPSA) is 47.0 Å². The van der Waals surface area contributed by atoms with E-state index in [0.717, 1.165) is 27.0 Å². The SMILES string of the molecule is CNc1nnc(COc2ccccc2-c2ccccc2)s1. The first-order valence-electron chi connectivity index (χ1n) is 6.64. The molecule has 0 aliphatic carbocycles. The Labute approximate surface area is 127 Å². The van der Waals surface area contributed by atoms with Crippen LogP contribution in [0.2, 0.25) is 0 Å². The van der Waals surface area contributed by atoms with Gasteiger partial charge in [0.15, 0.2) is 5.01 Å². The van der Waals surface area contributed by atoms with Crippen LogP contribution in [0.5, 0.6) is 5.75 Å². The van der Waals surface area contributed by atoms with Crippen molar-refractivity contribution < 1.29 is 4.74 Å². The minimum Gasteiger partial charge on any atom is -0.486 e. The van der Waals surface area contributed by atoms with Crippen molar-refractivity contribution in [3.8, 4) is 16.9 Å². The van der Waals surface area contributed by atoms with E-state index in [2.05, 4.69) is 33.7 Å². The summed E-state index contributed by atoms with van der Waals surface area (Å²) in [7, 11) is 1.83. The van der Waals surface area contributed by atoms with Gasteiger partial charge in [0.1, 0.15) is 12.4 Å². The molecule has 0 bridgehead atoms. The summed E-state index contributed by atoms with van der Waals surface area (Å²) < 4.78 is 5.92. The van der Waals surface area contributed by atoms with E-state index in [1.807, 2.05) is 43.4 Å². The predicted molar refractivity (Wildman–Crippen MR) is 85.7 cm³/mol. The van der Waals surface area contributed by atoms with Gasteiger partial charge in [-0.1, -0.05) is 59.9 Å². The Morgan fingerprint density at radius 2 is 1.76 bits per heavy atom. The molecule has 5 heteroatoms. The van der Waals surface area contributed by atoms with Crippen molar-refractivity contribution in [1.82, 2.24) is 10.2 Å². The Bertz CT molecular complexity index is 712. The van der Waals surface area contributed by atoms with E-state index in [-0.39, 0.29) is 0 Å². The van der Waals surface area contributed by atoms with Gasteiger partial charge in [0, 0.05) is 12.6 Å². The van der Waals surface area contributed by atoms with E-state index < -0.39 is 0 Å². The van der Waals surface area contributed by atoms with Gasteiger partial charge < -0.3 is 10.1 Å². The van der Waals surface area contributed by atoms with Gasteiger partial charge in [-0.25, -0.2) is 0 Å². The maximum atomic E-state index is 5.92. The van der Waals surface area contributed by atoms with E-state index in [4.69, 9.17) is 4.74 Å². The third-order valence-electron chi connectivity index (χ3n) is 3.00. The first kappa shape index (κ1) is 13.6. The van der Waals surface area contributed by atoms with Gasteiger partial charge in [0.25, 0.3) is 0 Å². The number of rotatable bonds is 5. The number of nitrogens with one attached hydrogen (secondary N) is 1. The second kappa shape index (κ2) is 6.37. The quantitative estimate of drug-likeness (QED) is 0.777. The summed E-state index contributed by atoms with van der Waals surface area (Å²) >= 11 is 1.50. The molecule has 0 unspecified atom stereocenters. The smallest absolute Gasteiger partial charge is 0.205 e. The number of hydrogen-bond acceptors (Lipinski definition) is 5. The third-order valence-corrected chi connectivity index (χ3v) is 3.92. The first-order chi connectivity index (χ1) is 10.4. The number of hydrogen-bond donors (Lipinski definition) is 1. The van der Waals surface area contributed by atoms with Gasteiger partial charge in [-0.15, -0.1) is 10.2 Å². The molecular weight excluding hydrogens is 282 g/mol. The summed E-state index contributed by atoms with van der Waals surface area (Å²) in [5.41, 5.74) is 2.22. The minimum atomic E-state index is 0.420. The summed E-state index contributed by atoms with van der Waals surface area (Å²) in [5, 5.41) is 12.7. The number of aromatic nitrogens is 2. The van der Waals surface area contributed by atoms with Crippen LogP contribution in [0.25, 0.3) is 11.1 Å². The maximum absolute atomic E-state index is 5.92. The van der Waals surface area contributed by atoms with Crippen molar-refractivity contribution in [2.75, 3.05) is 12.4 Å². The summed E-state index contributed by atoms with van der Waals surface area (Å²) in [6.45, 7) is 0.420. The Balaban J connectivity index is 1.79. The van der Waals surface area contributed by atoms with E-state index in [1.54, 1.807) is 0 Å². The lowest BCUT2D eigenvalue weighted by Crippen LogP contribution is -1.96. The highest BCUT2D eigenvalue weighted by Gasteiger charge is 2.08. The molecule has 2 aromatic carbocycles. The molecule has 0 saturated carbocycles. The largest absolute Gasteiger partial charge is 0.486 e. The second-order valence-electron chi connectivity index (χ2n) is 4.40. The predicted octanol–water partition coefficient (Wildman–Crippen LogP) is 3.83. The number of nitrogens with zero attached hydrogens (tertiary/aromatic N) is 2. The van der Waals surface area contributed by atoms with Crippen molar-refractivity contribution in [3.63, 3.8) is 0 Å². The van der Waals surface area contributed by atoms with Crippen molar-refractivity contribution in [1.29, 1.82) is 0 Å². The molecular formula is C16H15N3OS. The molecule has 3 aromatic rings. The number of ether oxygens (including phenoxy) is 1. The van der Waals surface area contributed by atoms with E-state index in [1.165, 1.54) is 11.3 Å². The van der Waals surface area contributed by atoms with Crippen LogP contribution in [0.15, 0.2) is 54.6 Å². The van der Waals surface area contributed by atoms with Gasteiger partial charge in [-0.3, -0.25) is 0 Å². The fourth-order valence-electron chi connectivity index (χ4n) is 2.00. The minimum absolute atomic E-state index is 0.420. The van der Waals surface area contributed by atoms with Gasteiger partial charge >= 0.3 is 0 Å². The summed E-state index contributed by atoms with van der Waals surface area (Å²) in [5.74, 6) is 0.852. The first-order valence-corrected chi connectivity index (χ1v) is 7.46. The zero-order valence-electron chi connectivity index (χ0n) is 11.6. The number of anilines is 1. The Hall–Kier alpha value is -2.40. The second-order valence-corrected chi connectivity index (χ2v) is 5.46. The lowest BCUT2D eigenvalue weighted by Gasteiger charge is -2.10. The van der Waals surface area contributed by atoms with Gasteiger partial charge in [0.2, 0.25) is 5.13 Å². The molecule has 106 valence electrons. The standard InChI is InChI=1S/C16H15N3OS/c1-17-16-19-18-15(21-16)11-20-14-10-6-5-9-13(14)12-7-3-2-4-8-12/h2-10H,11H2,1H3,(H,17,19). The van der Waals surface area contributed by atoms with Crippen LogP contribution in [0.4, 0.5) is 5.13 Å². The lowest BCUT2D eigenvalue weighted by molar-refractivity contribution is 0.306. The molecule has 0 amide bonds. The fourth-order valence-corrected chi connectivity index (χ4v) is 2.61. The Kier molecular flexibility index (Phi) is 4.12. The summed E-state index contributed by atoms with van der Waals surface area (Å²) in [4.78, 5) is 0. The summed E-state index contributed by atoms with van der Waals surface area (Å²) in [6.07, 6.45) is 0. The van der Waals surface area contributed by atoms with Crippen molar-refractivity contribution >= 4 is 16.5 Å². The fraction of sp³-hybridized carbons (Fsp3) is 0.125. The molecule has 0 aliphatic rings. The lowest BCUT2D eigenvalue weighted by atomic mass is 10.1. The zero-order chi connectivity index (χ0) is 14.5. The molecule has 0 fully saturated rings. The van der Waals surface area contributed by atoms with Gasteiger partial charge in [-0.2, -0.15) is 0 Å². The van der Waals surface area contributed by atoms with Gasteiger partial charge in [-0.05, 0) is 11.6 Å². The molecule has 0 saturated heterocycles. The van der Waals surface area contributed by atoms with Crippen LogP contribution < -0.4 is 10.1 Å². The van der Waals surface area contributed by atoms with Crippen LogP contribution in [-0.2, 0) is 6.61 Å². The highest BCUT2D eigenvalue weighted by atomic mass is 32.1. The summed E-state index contributed by atoms with van der Waals surface area (Å²) in [6, 6.07) is 18.2. The molecule has 0 atom stereocenters. The molecule has 3 rings (SSSR count). The average Bonchev–Trinajstić information content (AvgIpc) is 3.02. The van der Waals surface area contributed by atoms with Crippen molar-refractivity contribution in [2.24, 2.45) is 0 Å². The normalized spacial score (nSPS) is 10.3. The molecule has 4 nitrogen and oxygen atoms in total. The third kappa shape index (κ3) is 3.20. The molecule has 21 heavy (non-hydrogen) atoms. The van der Waals surface area contributed by atoms with Crippen LogP contribution in [0, 0.1) is 0 Å². The highest BCUT2D eigenvalue weighted by molar-refractivity contribution is 7.15. The van der Waals surface area contributed by atoms with Gasteiger partial charge in [0.05, 0.1) is 0 Å². The Morgan fingerprint density at radius 1 is 1.00 bits per heavy atom.